The minimum atomic E-state index is -0.893. The van der Waals surface area contributed by atoms with Crippen molar-refractivity contribution in [3.05, 3.63) is 28.8 Å². The van der Waals surface area contributed by atoms with Crippen molar-refractivity contribution in [2.45, 2.75) is 13.8 Å². The second-order valence-corrected chi connectivity index (χ2v) is 3.55. The van der Waals surface area contributed by atoms with Crippen molar-refractivity contribution in [2.75, 3.05) is 11.9 Å². The van der Waals surface area contributed by atoms with Crippen molar-refractivity contribution >= 4 is 29.2 Å². The number of halogens is 1. The fraction of sp³-hybridized carbons (Fsp3) is 0.273. The average Bonchev–Trinajstić information content (AvgIpc) is 2.24. The summed E-state index contributed by atoms with van der Waals surface area (Å²) < 4.78 is 4.55. The number of carbonyl (C=O) groups is 2. The van der Waals surface area contributed by atoms with Gasteiger partial charge in [0.05, 0.1) is 6.61 Å². The maximum absolute atomic E-state index is 11.3. The normalized spacial score (nSPS) is 9.69. The molecule has 0 aromatic heterocycles. The number of amides is 1. The van der Waals surface area contributed by atoms with Crippen molar-refractivity contribution in [1.29, 1.82) is 0 Å². The zero-order chi connectivity index (χ0) is 12.1. The summed E-state index contributed by atoms with van der Waals surface area (Å²) in [7, 11) is 0. The first-order valence-corrected chi connectivity index (χ1v) is 5.16. The van der Waals surface area contributed by atoms with Crippen molar-refractivity contribution in [3.8, 4) is 0 Å². The van der Waals surface area contributed by atoms with Crippen molar-refractivity contribution in [2.24, 2.45) is 0 Å². The van der Waals surface area contributed by atoms with Crippen LogP contribution in [0.15, 0.2) is 18.2 Å². The molecule has 1 rings (SSSR count). The Labute approximate surface area is 98.5 Å². The van der Waals surface area contributed by atoms with Gasteiger partial charge in [0.2, 0.25) is 0 Å². The Balaban J connectivity index is 2.70. The molecule has 0 saturated heterocycles. The first kappa shape index (κ1) is 12.5. The molecule has 86 valence electrons. The molecule has 16 heavy (non-hydrogen) atoms. The standard InChI is InChI=1S/C11H12ClNO3/c1-3-16-11(15)10(14)13-8-4-5-9(12)7(2)6-8/h4-6H,3H2,1-2H3,(H,13,14). The molecule has 0 atom stereocenters. The van der Waals surface area contributed by atoms with Gasteiger partial charge < -0.3 is 10.1 Å². The summed E-state index contributed by atoms with van der Waals surface area (Å²) in [6, 6.07) is 4.95. The molecule has 1 aromatic carbocycles. The zero-order valence-electron chi connectivity index (χ0n) is 9.04. The van der Waals surface area contributed by atoms with Gasteiger partial charge in [0.15, 0.2) is 0 Å². The van der Waals surface area contributed by atoms with E-state index in [4.69, 9.17) is 11.6 Å². The molecular weight excluding hydrogens is 230 g/mol. The molecule has 0 saturated carbocycles. The fourth-order valence-electron chi connectivity index (χ4n) is 1.10. The quantitative estimate of drug-likeness (QED) is 0.638. The molecule has 0 radical (unpaired) electrons. The van der Waals surface area contributed by atoms with E-state index in [0.717, 1.165) is 5.56 Å². The average molecular weight is 242 g/mol. The zero-order valence-corrected chi connectivity index (χ0v) is 9.80. The van der Waals surface area contributed by atoms with E-state index in [-0.39, 0.29) is 6.61 Å². The number of carbonyl (C=O) groups excluding carboxylic acids is 2. The number of ether oxygens (including phenoxy) is 1. The summed E-state index contributed by atoms with van der Waals surface area (Å²) >= 11 is 5.83. The Bertz CT molecular complexity index is 418. The number of nitrogens with one attached hydrogen (secondary N) is 1. The van der Waals surface area contributed by atoms with E-state index >= 15 is 0 Å². The first-order valence-electron chi connectivity index (χ1n) is 4.79. The molecule has 1 aromatic rings. The molecule has 0 aliphatic carbocycles. The smallest absolute Gasteiger partial charge is 0.397 e. The van der Waals surface area contributed by atoms with Crippen LogP contribution in [0.4, 0.5) is 5.69 Å². The highest BCUT2D eigenvalue weighted by Gasteiger charge is 2.14. The minimum absolute atomic E-state index is 0.173. The van der Waals surface area contributed by atoms with Gasteiger partial charge in [-0.15, -0.1) is 0 Å². The monoisotopic (exact) mass is 241 g/mol. The molecule has 4 nitrogen and oxygen atoms in total. The van der Waals surface area contributed by atoms with E-state index in [1.165, 1.54) is 0 Å². The van der Waals surface area contributed by atoms with Crippen LogP contribution >= 0.6 is 11.6 Å². The van der Waals surface area contributed by atoms with Crippen LogP contribution in [0.2, 0.25) is 5.02 Å². The lowest BCUT2D eigenvalue weighted by Gasteiger charge is -2.06. The predicted molar refractivity (Wildman–Crippen MR) is 61.5 cm³/mol. The molecule has 5 heteroatoms. The molecule has 0 unspecified atom stereocenters. The fourth-order valence-corrected chi connectivity index (χ4v) is 1.22. The number of anilines is 1. The summed E-state index contributed by atoms with van der Waals surface area (Å²) in [5, 5.41) is 3.03. The third-order valence-corrected chi connectivity index (χ3v) is 2.30. The van der Waals surface area contributed by atoms with Crippen LogP contribution in [0.25, 0.3) is 0 Å². The van der Waals surface area contributed by atoms with Crippen LogP contribution < -0.4 is 5.32 Å². The molecule has 0 aliphatic rings. The van der Waals surface area contributed by atoms with Gasteiger partial charge >= 0.3 is 11.9 Å². The Hall–Kier alpha value is -1.55. The molecule has 0 aliphatic heterocycles. The van der Waals surface area contributed by atoms with Gasteiger partial charge in [0, 0.05) is 10.7 Å². The second kappa shape index (κ2) is 5.51. The minimum Gasteiger partial charge on any atom is -0.459 e. The van der Waals surface area contributed by atoms with E-state index in [1.54, 1.807) is 25.1 Å². The van der Waals surface area contributed by atoms with Crippen LogP contribution in [-0.4, -0.2) is 18.5 Å². The highest BCUT2D eigenvalue weighted by molar-refractivity contribution is 6.37. The van der Waals surface area contributed by atoms with E-state index < -0.39 is 11.9 Å². The van der Waals surface area contributed by atoms with E-state index in [0.29, 0.717) is 10.7 Å². The number of benzene rings is 1. The van der Waals surface area contributed by atoms with Crippen LogP contribution in [0, 0.1) is 6.92 Å². The van der Waals surface area contributed by atoms with Crippen molar-refractivity contribution in [1.82, 2.24) is 0 Å². The summed E-state index contributed by atoms with van der Waals surface area (Å²) in [5.74, 6) is -1.68. The molecular formula is C11H12ClNO3. The maximum Gasteiger partial charge on any atom is 0.397 e. The van der Waals surface area contributed by atoms with Crippen LogP contribution in [0.1, 0.15) is 12.5 Å². The highest BCUT2D eigenvalue weighted by atomic mass is 35.5. The van der Waals surface area contributed by atoms with Crippen LogP contribution in [0.5, 0.6) is 0 Å². The molecule has 0 bridgehead atoms. The first-order chi connectivity index (χ1) is 7.54. The maximum atomic E-state index is 11.3. The Kier molecular flexibility index (Phi) is 4.31. The Morgan fingerprint density at radius 1 is 1.44 bits per heavy atom. The van der Waals surface area contributed by atoms with Gasteiger partial charge in [-0.1, -0.05) is 11.6 Å². The van der Waals surface area contributed by atoms with Crippen molar-refractivity contribution < 1.29 is 14.3 Å². The largest absolute Gasteiger partial charge is 0.459 e. The van der Waals surface area contributed by atoms with Gasteiger partial charge in [0.1, 0.15) is 0 Å². The molecule has 1 N–H and O–H groups in total. The van der Waals surface area contributed by atoms with Gasteiger partial charge in [-0.05, 0) is 37.6 Å². The second-order valence-electron chi connectivity index (χ2n) is 3.14. The Morgan fingerprint density at radius 3 is 2.69 bits per heavy atom. The van der Waals surface area contributed by atoms with Gasteiger partial charge in [0.25, 0.3) is 0 Å². The predicted octanol–water partition coefficient (Wildman–Crippen LogP) is 2.15. The van der Waals surface area contributed by atoms with E-state index in [1.807, 2.05) is 6.92 Å². The summed E-state index contributed by atoms with van der Waals surface area (Å²) in [6.07, 6.45) is 0. The lowest BCUT2D eigenvalue weighted by atomic mass is 10.2. The number of hydrogen-bond donors (Lipinski definition) is 1. The number of hydrogen-bond acceptors (Lipinski definition) is 3. The van der Waals surface area contributed by atoms with Gasteiger partial charge in [-0.2, -0.15) is 0 Å². The Morgan fingerprint density at radius 2 is 2.12 bits per heavy atom. The third kappa shape index (κ3) is 3.24. The highest BCUT2D eigenvalue weighted by Crippen LogP contribution is 2.19. The van der Waals surface area contributed by atoms with Gasteiger partial charge in [-0.3, -0.25) is 4.79 Å². The van der Waals surface area contributed by atoms with Crippen LogP contribution in [0.3, 0.4) is 0 Å². The van der Waals surface area contributed by atoms with Crippen LogP contribution in [-0.2, 0) is 14.3 Å². The number of rotatable bonds is 2. The lowest BCUT2D eigenvalue weighted by molar-refractivity contribution is -0.152. The van der Waals surface area contributed by atoms with E-state index in [2.05, 4.69) is 10.1 Å². The summed E-state index contributed by atoms with van der Waals surface area (Å²) in [4.78, 5) is 22.3. The molecule has 1 amide bonds. The number of aryl methyl sites for hydroxylation is 1. The SMILES string of the molecule is CCOC(=O)C(=O)Nc1ccc(Cl)c(C)c1. The molecule has 0 fully saturated rings. The van der Waals surface area contributed by atoms with E-state index in [9.17, 15) is 9.59 Å². The summed E-state index contributed by atoms with van der Waals surface area (Å²) in [6.45, 7) is 3.62. The lowest BCUT2D eigenvalue weighted by Crippen LogP contribution is -2.24. The summed E-state index contributed by atoms with van der Waals surface area (Å²) in [5.41, 5.74) is 1.34. The topological polar surface area (TPSA) is 55.4 Å². The van der Waals surface area contributed by atoms with Crippen molar-refractivity contribution in [3.63, 3.8) is 0 Å². The molecule has 0 spiro atoms. The van der Waals surface area contributed by atoms with Gasteiger partial charge in [-0.25, -0.2) is 4.79 Å². The number of esters is 1. The molecule has 0 heterocycles. The third-order valence-electron chi connectivity index (χ3n) is 1.88.